The third-order valence-corrected chi connectivity index (χ3v) is 8.17. The number of nitrogens with one attached hydrogen (secondary N) is 2. The fourth-order valence-electron chi connectivity index (χ4n) is 6.15. The Morgan fingerprint density at radius 2 is 0.868 bits per heavy atom. The van der Waals surface area contributed by atoms with Gasteiger partial charge in [-0.05, 0) is 73.2 Å². The van der Waals surface area contributed by atoms with Gasteiger partial charge in [-0.15, -0.1) is 0 Å². The van der Waals surface area contributed by atoms with E-state index in [1.807, 2.05) is 0 Å². The van der Waals surface area contributed by atoms with Crippen LogP contribution in [0.1, 0.15) is 36.1 Å². The summed E-state index contributed by atoms with van der Waals surface area (Å²) in [5, 5.41) is 0. The van der Waals surface area contributed by atoms with Crippen molar-refractivity contribution < 1.29 is 0 Å². The number of hydrogen-bond donors (Lipinski definition) is 2. The maximum Gasteiger partial charge on any atom is 0.0738 e. The third-order valence-electron chi connectivity index (χ3n) is 8.17. The van der Waals surface area contributed by atoms with Gasteiger partial charge in [-0.1, -0.05) is 62.4 Å². The van der Waals surface area contributed by atoms with E-state index in [1.165, 1.54) is 22.3 Å². The molecule has 4 nitrogen and oxygen atoms in total. The first-order chi connectivity index (χ1) is 18.6. The van der Waals surface area contributed by atoms with Crippen molar-refractivity contribution in [3.63, 3.8) is 0 Å². The van der Waals surface area contributed by atoms with Crippen LogP contribution in [0.2, 0.25) is 0 Å². The number of fused-ring (bicyclic) bond motifs is 14. The molecule has 0 unspecified atom stereocenters. The highest BCUT2D eigenvalue weighted by Crippen LogP contribution is 2.40. The highest BCUT2D eigenvalue weighted by Gasteiger charge is 2.20. The molecule has 0 radical (unpaired) electrons. The second-order valence-electron chi connectivity index (χ2n) is 10.3. The largest absolute Gasteiger partial charge is 0.355 e. The van der Waals surface area contributed by atoms with Gasteiger partial charge in [-0.25, -0.2) is 9.97 Å². The Kier molecular flexibility index (Phi) is 5.12. The van der Waals surface area contributed by atoms with E-state index in [2.05, 4.69) is 110 Å². The summed E-state index contributed by atoms with van der Waals surface area (Å²) in [4.78, 5) is 17.8. The first-order valence-corrected chi connectivity index (χ1v) is 13.5. The molecule has 2 aromatic carbocycles. The fraction of sp³-hybridized carbons (Fsp3) is 0.176. The van der Waals surface area contributed by atoms with Crippen LogP contribution in [0.3, 0.4) is 0 Å². The Hall–Kier alpha value is -4.44. The van der Waals surface area contributed by atoms with Gasteiger partial charge in [0.15, 0.2) is 0 Å². The molecule has 0 spiro atoms. The van der Waals surface area contributed by atoms with E-state index in [0.717, 1.165) is 79.9 Å². The molecule has 4 heteroatoms. The van der Waals surface area contributed by atoms with E-state index in [1.54, 1.807) is 0 Å². The fourth-order valence-corrected chi connectivity index (χ4v) is 6.15. The number of benzene rings is 2. The summed E-state index contributed by atoms with van der Waals surface area (Å²) in [6.45, 7) is 8.89. The highest BCUT2D eigenvalue weighted by molar-refractivity contribution is 5.91. The van der Waals surface area contributed by atoms with E-state index < -0.39 is 0 Å². The zero-order valence-corrected chi connectivity index (χ0v) is 22.2. The van der Waals surface area contributed by atoms with E-state index in [0.29, 0.717) is 0 Å². The normalized spacial score (nSPS) is 11.9. The van der Waals surface area contributed by atoms with Gasteiger partial charge >= 0.3 is 0 Å². The molecule has 2 N–H and O–H groups in total. The second kappa shape index (κ2) is 8.56. The first-order valence-electron chi connectivity index (χ1n) is 13.5. The number of aryl methyl sites for hydroxylation is 4. The van der Waals surface area contributed by atoms with Crippen molar-refractivity contribution >= 4 is 22.1 Å². The van der Waals surface area contributed by atoms with Crippen molar-refractivity contribution in [3.8, 4) is 45.0 Å². The van der Waals surface area contributed by atoms with Crippen LogP contribution >= 0.6 is 0 Å². The number of rotatable bonds is 2. The van der Waals surface area contributed by atoms with Crippen LogP contribution in [0.4, 0.5) is 0 Å². The van der Waals surface area contributed by atoms with Crippen LogP contribution in [-0.2, 0) is 12.8 Å². The first kappa shape index (κ1) is 22.7. The minimum absolute atomic E-state index is 0.951. The lowest BCUT2D eigenvalue weighted by Crippen LogP contribution is -1.82. The van der Waals surface area contributed by atoms with Gasteiger partial charge in [0.1, 0.15) is 0 Å². The zero-order chi connectivity index (χ0) is 26.0. The lowest BCUT2D eigenvalue weighted by atomic mass is 10.0. The Labute approximate surface area is 222 Å². The van der Waals surface area contributed by atoms with Crippen molar-refractivity contribution in [2.24, 2.45) is 0 Å². The Morgan fingerprint density at radius 1 is 0.500 bits per heavy atom. The van der Waals surface area contributed by atoms with Crippen molar-refractivity contribution in [1.29, 1.82) is 0 Å². The molecule has 186 valence electrons. The van der Waals surface area contributed by atoms with Gasteiger partial charge in [0.2, 0.25) is 0 Å². The number of aromatic nitrogens is 4. The average Bonchev–Trinajstić information content (AvgIpc) is 3.63. The molecule has 3 aromatic heterocycles. The molecule has 7 rings (SSSR count). The molecular formula is C34H30N4. The molecule has 5 aromatic rings. The number of nitrogens with zero attached hydrogens (tertiary/aromatic N) is 2. The smallest absolute Gasteiger partial charge is 0.0738 e. The van der Waals surface area contributed by atoms with Crippen LogP contribution in [0.15, 0.2) is 72.8 Å². The molecule has 38 heavy (non-hydrogen) atoms. The van der Waals surface area contributed by atoms with Crippen molar-refractivity contribution in [1.82, 2.24) is 19.9 Å². The SMILES string of the molecule is CCc1c(C)c2cc3nc(cc4nc(cc5[nH]c(cc1[nH]2)c(CC)c5C)-c1ccccc1-4)-c1ccccc1-3. The third kappa shape index (κ3) is 3.37. The van der Waals surface area contributed by atoms with Crippen LogP contribution in [0.25, 0.3) is 67.1 Å². The van der Waals surface area contributed by atoms with E-state index in [-0.39, 0.29) is 0 Å². The van der Waals surface area contributed by atoms with Crippen molar-refractivity contribution in [2.75, 3.05) is 0 Å². The molecule has 0 saturated carbocycles. The molecule has 0 atom stereocenters. The molecule has 0 amide bonds. The van der Waals surface area contributed by atoms with Gasteiger partial charge in [0.05, 0.1) is 22.8 Å². The van der Waals surface area contributed by atoms with Crippen LogP contribution in [-0.4, -0.2) is 19.9 Å². The minimum Gasteiger partial charge on any atom is -0.355 e. The summed E-state index contributed by atoms with van der Waals surface area (Å²) in [7, 11) is 0. The molecule has 2 aliphatic rings. The summed E-state index contributed by atoms with van der Waals surface area (Å²) in [5.74, 6) is 0. The van der Waals surface area contributed by atoms with Crippen molar-refractivity contribution in [3.05, 3.63) is 95.1 Å². The van der Waals surface area contributed by atoms with Crippen LogP contribution in [0.5, 0.6) is 0 Å². The summed E-state index contributed by atoms with van der Waals surface area (Å²) < 4.78 is 0. The highest BCUT2D eigenvalue weighted by atomic mass is 14.8. The predicted octanol–water partition coefficient (Wildman–Crippen LogP) is 8.72. The minimum atomic E-state index is 0.951. The summed E-state index contributed by atoms with van der Waals surface area (Å²) in [6, 6.07) is 25.8. The maximum atomic E-state index is 5.14. The number of H-pyrrole nitrogens is 2. The quantitative estimate of drug-likeness (QED) is 0.252. The van der Waals surface area contributed by atoms with Gasteiger partial charge in [-0.3, -0.25) is 0 Å². The number of aromatic amines is 2. The second-order valence-corrected chi connectivity index (χ2v) is 10.3. The zero-order valence-electron chi connectivity index (χ0n) is 22.2. The van der Waals surface area contributed by atoms with Crippen molar-refractivity contribution in [2.45, 2.75) is 40.5 Å². The molecular weight excluding hydrogens is 464 g/mol. The Bertz CT molecular complexity index is 1780. The summed E-state index contributed by atoms with van der Waals surface area (Å²) in [5.41, 5.74) is 18.2. The predicted molar refractivity (Wildman–Crippen MR) is 158 cm³/mol. The monoisotopic (exact) mass is 494 g/mol. The van der Waals surface area contributed by atoms with Crippen LogP contribution in [0, 0.1) is 13.8 Å². The van der Waals surface area contributed by atoms with E-state index in [4.69, 9.17) is 9.97 Å². The maximum absolute atomic E-state index is 5.14. The van der Waals surface area contributed by atoms with Gasteiger partial charge in [0, 0.05) is 44.3 Å². The van der Waals surface area contributed by atoms with Gasteiger partial charge < -0.3 is 9.97 Å². The molecule has 0 aliphatic carbocycles. The molecule has 0 fully saturated rings. The average molecular weight is 495 g/mol. The standard InChI is InChI=1S/C34H30N4/c1-5-21-19(3)27-15-31-23-11-7-9-13-25(23)33(37-31)18-34-26-14-10-8-12-24(26)32(38-34)16-28-20(4)22(6-2)30(36-28)17-29(21)35-27/h7-18,35-36H,5-6H2,1-4H3. The Morgan fingerprint density at radius 3 is 1.24 bits per heavy atom. The van der Waals surface area contributed by atoms with Gasteiger partial charge in [-0.2, -0.15) is 0 Å². The molecule has 5 heterocycles. The number of hydrogen-bond acceptors (Lipinski definition) is 2. The summed E-state index contributed by atoms with van der Waals surface area (Å²) in [6.07, 6.45) is 1.92. The van der Waals surface area contributed by atoms with Gasteiger partial charge in [0.25, 0.3) is 0 Å². The van der Waals surface area contributed by atoms with E-state index in [9.17, 15) is 0 Å². The molecule has 2 aliphatic heterocycles. The molecule has 0 saturated heterocycles. The lowest BCUT2D eigenvalue weighted by molar-refractivity contribution is 1.14. The lowest BCUT2D eigenvalue weighted by Gasteiger charge is -1.99. The van der Waals surface area contributed by atoms with E-state index >= 15 is 0 Å². The molecule has 8 bridgehead atoms. The van der Waals surface area contributed by atoms with Crippen LogP contribution < -0.4 is 0 Å². The topological polar surface area (TPSA) is 57.4 Å². The summed E-state index contributed by atoms with van der Waals surface area (Å²) >= 11 is 0. The Balaban J connectivity index is 1.68.